The minimum Gasteiger partial charge on any atom is -0.481 e. The van der Waals surface area contributed by atoms with Crippen LogP contribution in [-0.4, -0.2) is 74.3 Å². The molecule has 5 aliphatic carbocycles. The van der Waals surface area contributed by atoms with Gasteiger partial charge in [0, 0.05) is 0 Å². The second-order valence-electron chi connectivity index (χ2n) is 17.2. The largest absolute Gasteiger partial charge is 0.481 e. The van der Waals surface area contributed by atoms with Crippen molar-refractivity contribution < 1.29 is 44.6 Å². The van der Waals surface area contributed by atoms with Crippen LogP contribution in [0.15, 0.2) is 11.6 Å². The molecule has 5 N–H and O–H groups in total. The SMILES string of the molecule is C[C@H]1[C@H](C)CC[C@]2(C(=O)O)CC[C@]3(C(=O)O)C(=CC[C@@H]4[C@@]5(C)CC[C@H](O[C@@H]6O[C@H](C)[C@H](O)[C@H](O)[C@H]6O)C(C)(C)[C@@H]5CC[C@]43C)[C@H]12. The lowest BCUT2D eigenvalue weighted by Crippen LogP contribution is -2.68. The van der Waals surface area contributed by atoms with Crippen molar-refractivity contribution >= 4 is 11.9 Å². The van der Waals surface area contributed by atoms with Crippen molar-refractivity contribution in [2.24, 2.45) is 56.7 Å². The number of rotatable bonds is 4. The predicted molar refractivity (Wildman–Crippen MR) is 166 cm³/mol. The van der Waals surface area contributed by atoms with Crippen LogP contribution in [-0.2, 0) is 19.1 Å². The average Bonchev–Trinajstić information content (AvgIpc) is 2.97. The molecule has 45 heavy (non-hydrogen) atoms. The molecule has 254 valence electrons. The van der Waals surface area contributed by atoms with Crippen molar-refractivity contribution in [2.45, 2.75) is 143 Å². The number of carboxylic acid groups (broad SMARTS) is 2. The Morgan fingerprint density at radius 3 is 2.16 bits per heavy atom. The Balaban J connectivity index is 1.35. The highest BCUT2D eigenvalue weighted by Crippen LogP contribution is 2.76. The monoisotopic (exact) mass is 632 g/mol. The van der Waals surface area contributed by atoms with Gasteiger partial charge >= 0.3 is 11.9 Å². The van der Waals surface area contributed by atoms with Crippen molar-refractivity contribution in [1.29, 1.82) is 0 Å². The molecule has 0 aromatic carbocycles. The number of hydrogen-bond acceptors (Lipinski definition) is 7. The number of aliphatic hydroxyl groups excluding tert-OH is 3. The number of allylic oxidation sites excluding steroid dienone is 1. The molecule has 6 aliphatic rings. The highest BCUT2D eigenvalue weighted by atomic mass is 16.7. The summed E-state index contributed by atoms with van der Waals surface area (Å²) in [4.78, 5) is 26.8. The lowest BCUT2D eigenvalue weighted by Gasteiger charge is -2.70. The van der Waals surface area contributed by atoms with Gasteiger partial charge in [-0.05, 0) is 111 Å². The van der Waals surface area contributed by atoms with Gasteiger partial charge in [0.05, 0.1) is 23.0 Å². The first-order valence-corrected chi connectivity index (χ1v) is 17.4. The molecule has 6 rings (SSSR count). The van der Waals surface area contributed by atoms with Crippen molar-refractivity contribution in [1.82, 2.24) is 0 Å². The minimum absolute atomic E-state index is 0.0958. The van der Waals surface area contributed by atoms with E-state index in [-0.39, 0.29) is 40.6 Å². The summed E-state index contributed by atoms with van der Waals surface area (Å²) < 4.78 is 12.3. The summed E-state index contributed by atoms with van der Waals surface area (Å²) in [6, 6.07) is 0. The smallest absolute Gasteiger partial charge is 0.314 e. The molecular weight excluding hydrogens is 576 g/mol. The number of carbonyl (C=O) groups is 2. The third-order valence-corrected chi connectivity index (χ3v) is 15.3. The minimum atomic E-state index is -1.36. The number of carboxylic acids is 2. The number of aliphatic hydroxyl groups is 3. The molecule has 4 saturated carbocycles. The molecule has 0 amide bonds. The predicted octanol–water partition coefficient (Wildman–Crippen LogP) is 5.01. The van der Waals surface area contributed by atoms with Gasteiger partial charge in [-0.15, -0.1) is 0 Å². The molecule has 9 heteroatoms. The van der Waals surface area contributed by atoms with E-state index in [0.29, 0.717) is 31.6 Å². The standard InChI is InChI=1S/C36H56O9/c1-18-10-15-35(30(40)41)16-17-36(31(42)43)21(25(35)19(18)2)8-9-23-33(6)13-12-24(32(4,5)22(33)11-14-34(23,36)7)45-29-28(39)27(38)26(37)20(3)44-29/h8,18-20,22-29,37-39H,9-17H2,1-7H3,(H,40,41)(H,42,43)/t18-,19+,20-,22+,23-,24+,25+,26+,27+,28-,29+,33+,34-,35+,36-/m1/s1. The van der Waals surface area contributed by atoms with E-state index in [1.165, 1.54) is 0 Å². The van der Waals surface area contributed by atoms with Crippen LogP contribution in [0.3, 0.4) is 0 Å². The third kappa shape index (κ3) is 4.28. The first kappa shape index (κ1) is 33.4. The summed E-state index contributed by atoms with van der Waals surface area (Å²) >= 11 is 0. The lowest BCUT2D eigenvalue weighted by molar-refractivity contribution is -0.324. The average molecular weight is 633 g/mol. The molecule has 0 unspecified atom stereocenters. The van der Waals surface area contributed by atoms with Gasteiger partial charge in [-0.2, -0.15) is 0 Å². The maximum Gasteiger partial charge on any atom is 0.314 e. The van der Waals surface area contributed by atoms with Gasteiger partial charge in [0.15, 0.2) is 6.29 Å². The Kier molecular flexibility index (Phi) is 7.97. The van der Waals surface area contributed by atoms with E-state index in [4.69, 9.17) is 9.47 Å². The maximum atomic E-state index is 13.8. The molecule has 0 bridgehead atoms. The van der Waals surface area contributed by atoms with E-state index in [0.717, 1.165) is 37.7 Å². The second kappa shape index (κ2) is 10.7. The van der Waals surface area contributed by atoms with Gasteiger partial charge in [0.25, 0.3) is 0 Å². The summed E-state index contributed by atoms with van der Waals surface area (Å²) in [6.07, 6.45) is 2.36. The zero-order chi connectivity index (χ0) is 33.1. The van der Waals surface area contributed by atoms with Crippen LogP contribution < -0.4 is 0 Å². The van der Waals surface area contributed by atoms with Crippen LogP contribution in [0.25, 0.3) is 0 Å². The Morgan fingerprint density at radius 2 is 1.51 bits per heavy atom. The Morgan fingerprint density at radius 1 is 0.822 bits per heavy atom. The zero-order valence-electron chi connectivity index (χ0n) is 28.2. The Hall–Kier alpha value is -1.52. The van der Waals surface area contributed by atoms with Crippen molar-refractivity contribution in [3.63, 3.8) is 0 Å². The van der Waals surface area contributed by atoms with E-state index in [1.807, 2.05) is 0 Å². The molecule has 1 saturated heterocycles. The quantitative estimate of drug-likeness (QED) is 0.213. The van der Waals surface area contributed by atoms with Crippen LogP contribution in [0.4, 0.5) is 0 Å². The summed E-state index contributed by atoms with van der Waals surface area (Å²) in [7, 11) is 0. The molecule has 1 heterocycles. The molecule has 0 spiro atoms. The van der Waals surface area contributed by atoms with Crippen molar-refractivity contribution in [3.8, 4) is 0 Å². The lowest BCUT2D eigenvalue weighted by atomic mass is 9.33. The maximum absolute atomic E-state index is 13.8. The van der Waals surface area contributed by atoms with Gasteiger partial charge < -0.3 is 35.0 Å². The van der Waals surface area contributed by atoms with Gasteiger partial charge in [-0.1, -0.05) is 53.2 Å². The fraction of sp³-hybridized carbons (Fsp3) is 0.889. The first-order valence-electron chi connectivity index (χ1n) is 17.4. The molecule has 1 aliphatic heterocycles. The molecule has 5 fully saturated rings. The zero-order valence-corrected chi connectivity index (χ0v) is 28.2. The summed E-state index contributed by atoms with van der Waals surface area (Å²) in [5, 5.41) is 53.2. The second-order valence-corrected chi connectivity index (χ2v) is 17.2. The molecule has 0 aromatic rings. The number of ether oxygens (including phenoxy) is 2. The molecule has 15 atom stereocenters. The van der Waals surface area contributed by atoms with Crippen LogP contribution in [0.5, 0.6) is 0 Å². The van der Waals surface area contributed by atoms with Gasteiger partial charge in [0.2, 0.25) is 0 Å². The fourth-order valence-corrected chi connectivity index (χ4v) is 12.5. The van der Waals surface area contributed by atoms with Gasteiger partial charge in [-0.25, -0.2) is 0 Å². The van der Waals surface area contributed by atoms with Crippen LogP contribution in [0, 0.1) is 56.7 Å². The summed E-state index contributed by atoms with van der Waals surface area (Å²) in [5.41, 5.74) is -2.13. The fourth-order valence-electron chi connectivity index (χ4n) is 12.5. The highest BCUT2D eigenvalue weighted by molar-refractivity contribution is 5.84. The topological polar surface area (TPSA) is 154 Å². The number of fused-ring (bicyclic) bond motifs is 7. The Bertz CT molecular complexity index is 1250. The summed E-state index contributed by atoms with van der Waals surface area (Å²) in [5.74, 6) is -1.08. The van der Waals surface area contributed by atoms with Crippen molar-refractivity contribution in [3.05, 3.63) is 11.6 Å². The van der Waals surface area contributed by atoms with Gasteiger partial charge in [-0.3, -0.25) is 9.59 Å². The van der Waals surface area contributed by atoms with Crippen LogP contribution in [0.2, 0.25) is 0 Å². The van der Waals surface area contributed by atoms with E-state index in [2.05, 4.69) is 47.6 Å². The highest BCUT2D eigenvalue weighted by Gasteiger charge is 2.73. The normalized spacial score (nSPS) is 54.0. The number of hydrogen-bond donors (Lipinski definition) is 5. The first-order chi connectivity index (χ1) is 20.9. The van der Waals surface area contributed by atoms with E-state index in [9.17, 15) is 35.1 Å². The third-order valence-electron chi connectivity index (χ3n) is 15.3. The molecule has 0 aromatic heterocycles. The van der Waals surface area contributed by atoms with E-state index >= 15 is 0 Å². The van der Waals surface area contributed by atoms with Crippen LogP contribution in [0.1, 0.15) is 106 Å². The molecule has 9 nitrogen and oxygen atoms in total. The summed E-state index contributed by atoms with van der Waals surface area (Å²) in [6.45, 7) is 15.0. The van der Waals surface area contributed by atoms with E-state index < -0.39 is 58.9 Å². The van der Waals surface area contributed by atoms with E-state index in [1.54, 1.807) is 6.92 Å². The Labute approximate surface area is 267 Å². The molecular formula is C36H56O9. The van der Waals surface area contributed by atoms with Crippen molar-refractivity contribution in [2.75, 3.05) is 0 Å². The van der Waals surface area contributed by atoms with Crippen LogP contribution >= 0.6 is 0 Å². The number of aliphatic carboxylic acids is 2. The van der Waals surface area contributed by atoms with Gasteiger partial charge in [0.1, 0.15) is 18.3 Å². The molecule has 0 radical (unpaired) electrons.